The molecule has 3 rings (SSSR count). The fourth-order valence-corrected chi connectivity index (χ4v) is 4.14. The van der Waals surface area contributed by atoms with E-state index in [2.05, 4.69) is 17.6 Å². The molecule has 0 spiro atoms. The number of carbonyl (C=O) groups is 1. The van der Waals surface area contributed by atoms with Gasteiger partial charge in [-0.25, -0.2) is 4.79 Å². The molecule has 108 valence electrons. The van der Waals surface area contributed by atoms with Crippen LogP contribution < -0.4 is 10.6 Å². The molecule has 4 heteroatoms. The van der Waals surface area contributed by atoms with Gasteiger partial charge in [-0.1, -0.05) is 24.1 Å². The molecule has 0 radical (unpaired) electrons. The van der Waals surface area contributed by atoms with Gasteiger partial charge in [0.25, 0.3) is 0 Å². The third kappa shape index (κ3) is 2.93. The Labute approximate surface area is 125 Å². The summed E-state index contributed by atoms with van der Waals surface area (Å²) in [5, 5.41) is 6.56. The van der Waals surface area contributed by atoms with Crippen molar-refractivity contribution in [1.29, 1.82) is 0 Å². The zero-order valence-corrected chi connectivity index (χ0v) is 12.5. The van der Waals surface area contributed by atoms with E-state index in [1.807, 2.05) is 12.1 Å². The molecule has 0 heterocycles. The first-order chi connectivity index (χ1) is 9.61. The van der Waals surface area contributed by atoms with Crippen molar-refractivity contribution in [3.05, 3.63) is 29.3 Å². The topological polar surface area (TPSA) is 41.1 Å². The largest absolute Gasteiger partial charge is 0.335 e. The smallest absolute Gasteiger partial charge is 0.319 e. The minimum atomic E-state index is -0.137. The first kappa shape index (κ1) is 13.7. The molecule has 2 fully saturated rings. The minimum absolute atomic E-state index is 0.137. The number of urea groups is 1. The van der Waals surface area contributed by atoms with Crippen molar-refractivity contribution in [3.63, 3.8) is 0 Å². The van der Waals surface area contributed by atoms with Crippen molar-refractivity contribution in [1.82, 2.24) is 5.32 Å². The maximum atomic E-state index is 12.0. The number of hydrogen-bond acceptors (Lipinski definition) is 1. The molecule has 2 aliphatic rings. The molecule has 2 amide bonds. The molecule has 1 aromatic rings. The van der Waals surface area contributed by atoms with Crippen molar-refractivity contribution in [2.24, 2.45) is 17.8 Å². The molecule has 3 nitrogen and oxygen atoms in total. The lowest BCUT2D eigenvalue weighted by atomic mass is 9.84. The highest BCUT2D eigenvalue weighted by molar-refractivity contribution is 6.30. The van der Waals surface area contributed by atoms with Crippen LogP contribution in [0.2, 0.25) is 5.02 Å². The Kier molecular flexibility index (Phi) is 3.88. The third-order valence-electron chi connectivity index (χ3n) is 4.88. The second-order valence-electron chi connectivity index (χ2n) is 6.24. The van der Waals surface area contributed by atoms with Crippen LogP contribution >= 0.6 is 11.6 Å². The summed E-state index contributed by atoms with van der Waals surface area (Å²) in [5.74, 6) is 2.38. The monoisotopic (exact) mass is 292 g/mol. The van der Waals surface area contributed by atoms with Gasteiger partial charge in [0, 0.05) is 16.8 Å². The lowest BCUT2D eigenvalue weighted by Gasteiger charge is -2.28. The summed E-state index contributed by atoms with van der Waals surface area (Å²) < 4.78 is 0. The number of benzene rings is 1. The molecular formula is C16H21ClN2O. The van der Waals surface area contributed by atoms with E-state index in [-0.39, 0.29) is 12.1 Å². The second kappa shape index (κ2) is 5.65. The first-order valence-corrected chi connectivity index (χ1v) is 7.82. The number of amides is 2. The van der Waals surface area contributed by atoms with E-state index in [4.69, 9.17) is 11.6 Å². The van der Waals surface area contributed by atoms with E-state index in [0.717, 1.165) is 17.5 Å². The van der Waals surface area contributed by atoms with E-state index in [1.165, 1.54) is 25.7 Å². The average Bonchev–Trinajstić information content (AvgIpc) is 3.00. The Hall–Kier alpha value is -1.22. The number of anilines is 1. The van der Waals surface area contributed by atoms with Crippen molar-refractivity contribution in [2.45, 2.75) is 38.6 Å². The van der Waals surface area contributed by atoms with Crippen LogP contribution in [-0.2, 0) is 0 Å². The SMILES string of the molecule is CC(NC(=O)Nc1cccc(Cl)c1)C1CC2CCC1C2. The van der Waals surface area contributed by atoms with Gasteiger partial charge < -0.3 is 10.6 Å². The summed E-state index contributed by atoms with van der Waals surface area (Å²) in [4.78, 5) is 12.0. The zero-order valence-electron chi connectivity index (χ0n) is 11.7. The van der Waals surface area contributed by atoms with Crippen LogP contribution in [0.5, 0.6) is 0 Å². The molecule has 2 aliphatic carbocycles. The highest BCUT2D eigenvalue weighted by atomic mass is 35.5. The summed E-state index contributed by atoms with van der Waals surface area (Å²) in [5.41, 5.74) is 0.732. The fraction of sp³-hybridized carbons (Fsp3) is 0.562. The maximum absolute atomic E-state index is 12.0. The van der Waals surface area contributed by atoms with Crippen molar-refractivity contribution >= 4 is 23.3 Å². The van der Waals surface area contributed by atoms with E-state index in [1.54, 1.807) is 12.1 Å². The predicted molar refractivity (Wildman–Crippen MR) is 82.0 cm³/mol. The van der Waals surface area contributed by atoms with Gasteiger partial charge in [0.2, 0.25) is 0 Å². The van der Waals surface area contributed by atoms with Crippen molar-refractivity contribution in [3.8, 4) is 0 Å². The number of hydrogen-bond donors (Lipinski definition) is 2. The lowest BCUT2D eigenvalue weighted by Crippen LogP contribution is -2.42. The third-order valence-corrected chi connectivity index (χ3v) is 5.11. The number of fused-ring (bicyclic) bond motifs is 2. The Morgan fingerprint density at radius 3 is 2.85 bits per heavy atom. The molecule has 1 aromatic carbocycles. The number of halogens is 1. The minimum Gasteiger partial charge on any atom is -0.335 e. The fourth-order valence-electron chi connectivity index (χ4n) is 3.95. The normalized spacial score (nSPS) is 29.2. The first-order valence-electron chi connectivity index (χ1n) is 7.45. The Balaban J connectivity index is 1.53. The molecule has 4 atom stereocenters. The molecule has 2 saturated carbocycles. The van der Waals surface area contributed by atoms with Crippen LogP contribution in [0, 0.1) is 17.8 Å². The van der Waals surface area contributed by atoms with Gasteiger partial charge in [0.1, 0.15) is 0 Å². The van der Waals surface area contributed by atoms with Crippen molar-refractivity contribution in [2.75, 3.05) is 5.32 Å². The molecule has 2 bridgehead atoms. The molecule has 0 saturated heterocycles. The molecule has 2 N–H and O–H groups in total. The van der Waals surface area contributed by atoms with E-state index in [9.17, 15) is 4.79 Å². The van der Waals surface area contributed by atoms with E-state index in [0.29, 0.717) is 10.9 Å². The van der Waals surface area contributed by atoms with E-state index < -0.39 is 0 Å². The zero-order chi connectivity index (χ0) is 14.1. The summed E-state index contributed by atoms with van der Waals surface area (Å²) >= 11 is 5.91. The van der Waals surface area contributed by atoms with E-state index >= 15 is 0 Å². The van der Waals surface area contributed by atoms with Crippen LogP contribution in [0.4, 0.5) is 10.5 Å². The van der Waals surface area contributed by atoms with Gasteiger partial charge in [0.05, 0.1) is 0 Å². The van der Waals surface area contributed by atoms with Gasteiger partial charge in [-0.15, -0.1) is 0 Å². The average molecular weight is 293 g/mol. The summed E-state index contributed by atoms with van der Waals surface area (Å²) in [6, 6.07) is 7.32. The van der Waals surface area contributed by atoms with Crippen LogP contribution in [0.1, 0.15) is 32.6 Å². The van der Waals surface area contributed by atoms with Gasteiger partial charge >= 0.3 is 6.03 Å². The maximum Gasteiger partial charge on any atom is 0.319 e. The molecular weight excluding hydrogens is 272 g/mol. The van der Waals surface area contributed by atoms with Gasteiger partial charge in [-0.2, -0.15) is 0 Å². The highest BCUT2D eigenvalue weighted by Gasteiger charge is 2.42. The Bertz CT molecular complexity index is 505. The molecule has 0 aromatic heterocycles. The predicted octanol–water partition coefficient (Wildman–Crippen LogP) is 4.29. The van der Waals surface area contributed by atoms with Gasteiger partial charge in [0.15, 0.2) is 0 Å². The molecule has 0 aliphatic heterocycles. The Morgan fingerprint density at radius 2 is 2.20 bits per heavy atom. The van der Waals surface area contributed by atoms with Gasteiger partial charge in [-0.05, 0) is 62.1 Å². The van der Waals surface area contributed by atoms with Crippen molar-refractivity contribution < 1.29 is 4.79 Å². The van der Waals surface area contributed by atoms with Crippen LogP contribution in [0.15, 0.2) is 24.3 Å². The summed E-state index contributed by atoms with van der Waals surface area (Å²) in [6.07, 6.45) is 5.38. The lowest BCUT2D eigenvalue weighted by molar-refractivity contribution is 0.230. The second-order valence-corrected chi connectivity index (χ2v) is 6.67. The summed E-state index contributed by atoms with van der Waals surface area (Å²) in [7, 11) is 0. The van der Waals surface area contributed by atoms with Crippen LogP contribution in [-0.4, -0.2) is 12.1 Å². The Morgan fingerprint density at radius 1 is 1.35 bits per heavy atom. The summed E-state index contributed by atoms with van der Waals surface area (Å²) in [6.45, 7) is 2.13. The molecule has 4 unspecified atom stereocenters. The van der Waals surface area contributed by atoms with Crippen LogP contribution in [0.3, 0.4) is 0 Å². The standard InChI is InChI=1S/C16H21ClN2O/c1-10(15-8-11-5-6-12(15)7-11)18-16(20)19-14-4-2-3-13(17)9-14/h2-4,9-12,15H,5-8H2,1H3,(H2,18,19,20). The van der Waals surface area contributed by atoms with Crippen LogP contribution in [0.25, 0.3) is 0 Å². The quantitative estimate of drug-likeness (QED) is 0.857. The molecule has 20 heavy (non-hydrogen) atoms. The number of nitrogens with one attached hydrogen (secondary N) is 2. The van der Waals surface area contributed by atoms with Gasteiger partial charge in [-0.3, -0.25) is 0 Å². The number of carbonyl (C=O) groups excluding carboxylic acids is 1. The highest BCUT2D eigenvalue weighted by Crippen LogP contribution is 2.49. The number of rotatable bonds is 3.